The molecule has 4 heteroatoms. The summed E-state index contributed by atoms with van der Waals surface area (Å²) in [6.07, 6.45) is 3.78. The molecule has 0 spiro atoms. The number of aliphatic hydroxyl groups excluding tert-OH is 1. The highest BCUT2D eigenvalue weighted by Crippen LogP contribution is 2.28. The zero-order chi connectivity index (χ0) is 13.4. The van der Waals surface area contributed by atoms with Crippen LogP contribution in [0.5, 0.6) is 0 Å². The van der Waals surface area contributed by atoms with E-state index in [1.54, 1.807) is 0 Å². The van der Waals surface area contributed by atoms with Gasteiger partial charge in [0.05, 0.1) is 18.8 Å². The molecule has 0 aromatic heterocycles. The third-order valence-corrected chi connectivity index (χ3v) is 3.44. The third-order valence-electron chi connectivity index (χ3n) is 3.44. The molecule has 1 aliphatic rings. The lowest BCUT2D eigenvalue weighted by molar-refractivity contribution is 0.0830. The van der Waals surface area contributed by atoms with E-state index in [0.29, 0.717) is 0 Å². The molecule has 0 saturated heterocycles. The van der Waals surface area contributed by atoms with Crippen molar-refractivity contribution in [3.63, 3.8) is 0 Å². The minimum Gasteiger partial charge on any atom is -0.394 e. The van der Waals surface area contributed by atoms with Crippen molar-refractivity contribution in [2.45, 2.75) is 38.6 Å². The highest BCUT2D eigenvalue weighted by Gasteiger charge is 2.24. The van der Waals surface area contributed by atoms with Gasteiger partial charge in [0.15, 0.2) is 0 Å². The summed E-state index contributed by atoms with van der Waals surface area (Å²) >= 11 is 0. The maximum Gasteiger partial charge on any atom is 0.0623 e. The Hall–Kier alpha value is -0.160. The van der Waals surface area contributed by atoms with Crippen molar-refractivity contribution >= 4 is 0 Å². The highest BCUT2D eigenvalue weighted by atomic mass is 16.5. The molecule has 1 atom stereocenters. The molecule has 0 aromatic carbocycles. The van der Waals surface area contributed by atoms with Crippen molar-refractivity contribution in [2.24, 2.45) is 5.92 Å². The van der Waals surface area contributed by atoms with Gasteiger partial charge in [-0.25, -0.2) is 0 Å². The molecule has 1 unspecified atom stereocenters. The van der Waals surface area contributed by atoms with Crippen molar-refractivity contribution in [3.05, 3.63) is 0 Å². The molecule has 0 heterocycles. The average molecular weight is 258 g/mol. The Balaban J connectivity index is 2.11. The van der Waals surface area contributed by atoms with Crippen LogP contribution in [-0.2, 0) is 4.74 Å². The van der Waals surface area contributed by atoms with E-state index in [1.165, 1.54) is 12.8 Å². The van der Waals surface area contributed by atoms with E-state index < -0.39 is 0 Å². The van der Waals surface area contributed by atoms with Crippen molar-refractivity contribution in [1.29, 1.82) is 0 Å². The zero-order valence-electron chi connectivity index (χ0n) is 12.2. The van der Waals surface area contributed by atoms with Crippen LogP contribution in [0.2, 0.25) is 0 Å². The predicted molar refractivity (Wildman–Crippen MR) is 74.8 cm³/mol. The molecule has 0 aliphatic heterocycles. The van der Waals surface area contributed by atoms with Gasteiger partial charge in [-0.15, -0.1) is 0 Å². The Kier molecular flexibility index (Phi) is 7.15. The molecule has 0 bridgehead atoms. The minimum atomic E-state index is -0.207. The number of rotatable bonds is 11. The van der Waals surface area contributed by atoms with Crippen molar-refractivity contribution in [1.82, 2.24) is 10.2 Å². The molecule has 4 nitrogen and oxygen atoms in total. The van der Waals surface area contributed by atoms with Crippen LogP contribution < -0.4 is 5.32 Å². The number of aliphatic hydroxyl groups is 1. The first-order valence-electron chi connectivity index (χ1n) is 7.22. The fourth-order valence-electron chi connectivity index (χ4n) is 2.02. The van der Waals surface area contributed by atoms with E-state index in [4.69, 9.17) is 4.74 Å². The largest absolute Gasteiger partial charge is 0.394 e. The van der Waals surface area contributed by atoms with Crippen LogP contribution in [0, 0.1) is 5.92 Å². The Morgan fingerprint density at radius 3 is 2.72 bits per heavy atom. The summed E-state index contributed by atoms with van der Waals surface area (Å²) in [5, 5.41) is 12.9. The topological polar surface area (TPSA) is 44.7 Å². The number of hydrogen-bond acceptors (Lipinski definition) is 4. The fraction of sp³-hybridized carbons (Fsp3) is 1.00. The number of nitrogens with one attached hydrogen (secondary N) is 1. The first-order chi connectivity index (χ1) is 8.59. The van der Waals surface area contributed by atoms with Crippen LogP contribution in [0.25, 0.3) is 0 Å². The highest BCUT2D eigenvalue weighted by molar-refractivity contribution is 4.85. The molecule has 18 heavy (non-hydrogen) atoms. The molecule has 0 amide bonds. The van der Waals surface area contributed by atoms with Gasteiger partial charge in [0.25, 0.3) is 0 Å². The summed E-state index contributed by atoms with van der Waals surface area (Å²) in [4.78, 5) is 2.23. The molecule has 2 N–H and O–H groups in total. The number of ether oxygens (including phenoxy) is 1. The summed E-state index contributed by atoms with van der Waals surface area (Å²) in [5.74, 6) is 0.837. The zero-order valence-corrected chi connectivity index (χ0v) is 12.2. The van der Waals surface area contributed by atoms with Crippen LogP contribution in [0.4, 0.5) is 0 Å². The number of nitrogens with zero attached hydrogens (tertiary/aromatic N) is 1. The molecule has 1 aliphatic carbocycles. The van der Waals surface area contributed by atoms with Gasteiger partial charge in [-0.05, 0) is 45.7 Å². The second-order valence-electron chi connectivity index (χ2n) is 5.90. The van der Waals surface area contributed by atoms with Gasteiger partial charge < -0.3 is 20.1 Å². The van der Waals surface area contributed by atoms with Gasteiger partial charge in [0, 0.05) is 19.7 Å². The monoisotopic (exact) mass is 258 g/mol. The second-order valence-corrected chi connectivity index (χ2v) is 5.90. The lowest BCUT2D eigenvalue weighted by Crippen LogP contribution is -2.53. The summed E-state index contributed by atoms with van der Waals surface area (Å²) < 4.78 is 5.63. The molecule has 1 saturated carbocycles. The van der Waals surface area contributed by atoms with Gasteiger partial charge in [0.2, 0.25) is 0 Å². The maximum atomic E-state index is 9.49. The first-order valence-corrected chi connectivity index (χ1v) is 7.22. The standard InChI is InChI=1S/C14H30N2O2/c1-4-7-15-14(2,12-17)11-16(3)8-9-18-10-13-5-6-13/h13,15,17H,4-12H2,1-3H3. The predicted octanol–water partition coefficient (Wildman–Crippen LogP) is 1.10. The van der Waals surface area contributed by atoms with Crippen LogP contribution >= 0.6 is 0 Å². The van der Waals surface area contributed by atoms with Gasteiger partial charge in [-0.1, -0.05) is 6.92 Å². The van der Waals surface area contributed by atoms with Gasteiger partial charge in [-0.3, -0.25) is 0 Å². The maximum absolute atomic E-state index is 9.49. The number of likely N-dealkylation sites (N-methyl/N-ethyl adjacent to an activating group) is 1. The molecular weight excluding hydrogens is 228 g/mol. The summed E-state index contributed by atoms with van der Waals surface area (Å²) in [5.41, 5.74) is -0.207. The Bertz CT molecular complexity index is 222. The fourth-order valence-corrected chi connectivity index (χ4v) is 2.02. The van der Waals surface area contributed by atoms with Gasteiger partial charge in [-0.2, -0.15) is 0 Å². The van der Waals surface area contributed by atoms with Gasteiger partial charge in [0.1, 0.15) is 0 Å². The first kappa shape index (κ1) is 15.9. The minimum absolute atomic E-state index is 0.167. The Morgan fingerprint density at radius 1 is 1.44 bits per heavy atom. The summed E-state index contributed by atoms with van der Waals surface area (Å²) in [6.45, 7) is 8.82. The summed E-state index contributed by atoms with van der Waals surface area (Å²) in [6, 6.07) is 0. The van der Waals surface area contributed by atoms with Crippen molar-refractivity contribution in [2.75, 3.05) is 46.5 Å². The Morgan fingerprint density at radius 2 is 2.17 bits per heavy atom. The van der Waals surface area contributed by atoms with E-state index in [0.717, 1.165) is 45.2 Å². The number of hydrogen-bond donors (Lipinski definition) is 2. The van der Waals surface area contributed by atoms with Crippen LogP contribution in [0.15, 0.2) is 0 Å². The molecule has 1 rings (SSSR count). The van der Waals surface area contributed by atoms with E-state index in [2.05, 4.69) is 31.1 Å². The van der Waals surface area contributed by atoms with E-state index in [-0.39, 0.29) is 12.1 Å². The molecule has 1 fully saturated rings. The van der Waals surface area contributed by atoms with Crippen LogP contribution in [0.1, 0.15) is 33.1 Å². The normalized spacial score (nSPS) is 19.2. The lowest BCUT2D eigenvalue weighted by Gasteiger charge is -2.33. The average Bonchev–Trinajstić information content (AvgIpc) is 3.16. The lowest BCUT2D eigenvalue weighted by atomic mass is 10.0. The smallest absolute Gasteiger partial charge is 0.0623 e. The Labute approximate surface area is 112 Å². The molecular formula is C14H30N2O2. The SMILES string of the molecule is CCCNC(C)(CO)CN(C)CCOCC1CC1. The van der Waals surface area contributed by atoms with Crippen molar-refractivity contribution in [3.8, 4) is 0 Å². The second kappa shape index (κ2) is 8.10. The van der Waals surface area contributed by atoms with Crippen LogP contribution in [0.3, 0.4) is 0 Å². The molecule has 108 valence electrons. The van der Waals surface area contributed by atoms with Gasteiger partial charge >= 0.3 is 0 Å². The van der Waals surface area contributed by atoms with Crippen molar-refractivity contribution < 1.29 is 9.84 Å². The van der Waals surface area contributed by atoms with E-state index in [9.17, 15) is 5.11 Å². The quantitative estimate of drug-likeness (QED) is 0.545. The molecule has 0 radical (unpaired) electrons. The van der Waals surface area contributed by atoms with E-state index >= 15 is 0 Å². The van der Waals surface area contributed by atoms with Crippen LogP contribution in [-0.4, -0.2) is 62.0 Å². The van der Waals surface area contributed by atoms with E-state index in [1.807, 2.05) is 0 Å². The third kappa shape index (κ3) is 6.69. The molecule has 0 aromatic rings. The summed E-state index contributed by atoms with van der Waals surface area (Å²) in [7, 11) is 2.09.